The maximum Gasteiger partial charge on any atom is 0.221 e. The highest BCUT2D eigenvalue weighted by molar-refractivity contribution is 5.90. The van der Waals surface area contributed by atoms with Crippen LogP contribution >= 0.6 is 0 Å². The first-order valence-corrected chi connectivity index (χ1v) is 9.48. The van der Waals surface area contributed by atoms with Crippen molar-refractivity contribution in [1.82, 2.24) is 10.6 Å². The van der Waals surface area contributed by atoms with Crippen LogP contribution in [0, 0.1) is 5.41 Å². The average Bonchev–Trinajstić information content (AvgIpc) is 2.58. The molecular weight excluding hydrogens is 328 g/mol. The number of anilines is 1. The third kappa shape index (κ3) is 5.38. The molecule has 0 saturated heterocycles. The molecule has 0 unspecified atom stereocenters. The number of hydrogen-bond acceptors (Lipinski definition) is 3. The van der Waals surface area contributed by atoms with Crippen molar-refractivity contribution in [3.63, 3.8) is 0 Å². The second kappa shape index (κ2) is 9.46. The van der Waals surface area contributed by atoms with E-state index in [1.54, 1.807) is 7.11 Å². The first-order chi connectivity index (χ1) is 12.5. The number of hydrogen-bond donors (Lipinski definition) is 3. The standard InChI is InChI=1S/C20H32N4O2/c1-5-20(10-7-11-20)14-23-19(21-6-2)22-13-16-8-9-18(26-4)17(12-16)24-15(3)25/h8-9,12H,5-7,10-11,13-14H2,1-4H3,(H,24,25)(H2,21,22,23). The van der Waals surface area contributed by atoms with Gasteiger partial charge in [-0.15, -0.1) is 0 Å². The number of methoxy groups -OCH3 is 1. The van der Waals surface area contributed by atoms with Crippen LogP contribution in [0.2, 0.25) is 0 Å². The Morgan fingerprint density at radius 2 is 2.04 bits per heavy atom. The van der Waals surface area contributed by atoms with Crippen LogP contribution in [0.25, 0.3) is 0 Å². The van der Waals surface area contributed by atoms with Gasteiger partial charge in [0.1, 0.15) is 5.75 Å². The lowest BCUT2D eigenvalue weighted by Crippen LogP contribution is -2.46. The van der Waals surface area contributed by atoms with Crippen LogP contribution in [0.15, 0.2) is 23.2 Å². The SMILES string of the molecule is CCNC(=NCc1ccc(OC)c(NC(C)=O)c1)NCC1(CC)CCC1. The van der Waals surface area contributed by atoms with Crippen molar-refractivity contribution in [1.29, 1.82) is 0 Å². The van der Waals surface area contributed by atoms with Gasteiger partial charge in [-0.05, 0) is 49.3 Å². The largest absolute Gasteiger partial charge is 0.495 e. The van der Waals surface area contributed by atoms with Gasteiger partial charge in [-0.2, -0.15) is 0 Å². The van der Waals surface area contributed by atoms with Crippen LogP contribution in [0.1, 0.15) is 52.0 Å². The third-order valence-electron chi connectivity index (χ3n) is 5.13. The lowest BCUT2D eigenvalue weighted by Gasteiger charge is -2.41. The van der Waals surface area contributed by atoms with E-state index in [-0.39, 0.29) is 5.91 Å². The van der Waals surface area contributed by atoms with Crippen molar-refractivity contribution >= 4 is 17.6 Å². The molecule has 1 aromatic carbocycles. The fourth-order valence-corrected chi connectivity index (χ4v) is 3.26. The third-order valence-corrected chi connectivity index (χ3v) is 5.13. The van der Waals surface area contributed by atoms with Gasteiger partial charge in [0.25, 0.3) is 0 Å². The fourth-order valence-electron chi connectivity index (χ4n) is 3.26. The topological polar surface area (TPSA) is 74.8 Å². The molecule has 0 atom stereocenters. The summed E-state index contributed by atoms with van der Waals surface area (Å²) in [6, 6.07) is 5.74. The predicted octanol–water partition coefficient (Wildman–Crippen LogP) is 3.29. The first-order valence-electron chi connectivity index (χ1n) is 9.48. The maximum absolute atomic E-state index is 11.4. The Balaban J connectivity index is 2.04. The fraction of sp³-hybridized carbons (Fsp3) is 0.600. The molecule has 6 nitrogen and oxygen atoms in total. The number of nitrogens with one attached hydrogen (secondary N) is 3. The first kappa shape index (κ1) is 20.1. The van der Waals surface area contributed by atoms with Crippen molar-refractivity contribution < 1.29 is 9.53 Å². The van der Waals surface area contributed by atoms with Crippen LogP contribution < -0.4 is 20.7 Å². The van der Waals surface area contributed by atoms with Crippen molar-refractivity contribution in [2.45, 2.75) is 53.0 Å². The number of nitrogens with zero attached hydrogens (tertiary/aromatic N) is 1. The highest BCUT2D eigenvalue weighted by Gasteiger charge is 2.34. The Labute approximate surface area is 156 Å². The number of carbonyl (C=O) groups excluding carboxylic acids is 1. The molecule has 0 aromatic heterocycles. The highest BCUT2D eigenvalue weighted by atomic mass is 16.5. The summed E-state index contributed by atoms with van der Waals surface area (Å²) in [5.41, 5.74) is 2.13. The van der Waals surface area contributed by atoms with Gasteiger partial charge < -0.3 is 20.7 Å². The Kier molecular flexibility index (Phi) is 7.30. The minimum Gasteiger partial charge on any atom is -0.495 e. The Hall–Kier alpha value is -2.24. The lowest BCUT2D eigenvalue weighted by molar-refractivity contribution is -0.114. The molecule has 0 bridgehead atoms. The minimum absolute atomic E-state index is 0.121. The molecular formula is C20H32N4O2. The van der Waals surface area contributed by atoms with Crippen LogP contribution in [0.5, 0.6) is 5.75 Å². The molecule has 1 saturated carbocycles. The Bertz CT molecular complexity index is 633. The van der Waals surface area contributed by atoms with Gasteiger partial charge in [0.2, 0.25) is 5.91 Å². The highest BCUT2D eigenvalue weighted by Crippen LogP contribution is 2.43. The lowest BCUT2D eigenvalue weighted by atomic mass is 9.67. The van der Waals surface area contributed by atoms with E-state index in [0.29, 0.717) is 23.4 Å². The zero-order chi connectivity index (χ0) is 19.0. The number of amides is 1. The molecule has 6 heteroatoms. The second-order valence-electron chi connectivity index (χ2n) is 6.97. The van der Waals surface area contributed by atoms with Crippen molar-refractivity contribution in [2.75, 3.05) is 25.5 Å². The summed E-state index contributed by atoms with van der Waals surface area (Å²) in [4.78, 5) is 16.1. The molecule has 1 aliphatic rings. The molecule has 0 aliphatic heterocycles. The van der Waals surface area contributed by atoms with Gasteiger partial charge in [0, 0.05) is 20.0 Å². The van der Waals surface area contributed by atoms with Crippen molar-refractivity contribution in [2.24, 2.45) is 10.4 Å². The summed E-state index contributed by atoms with van der Waals surface area (Å²) in [6.45, 7) is 8.15. The Morgan fingerprint density at radius 1 is 1.27 bits per heavy atom. The van der Waals surface area contributed by atoms with Crippen LogP contribution in [-0.2, 0) is 11.3 Å². The zero-order valence-corrected chi connectivity index (χ0v) is 16.4. The van der Waals surface area contributed by atoms with E-state index in [9.17, 15) is 4.79 Å². The van der Waals surface area contributed by atoms with Gasteiger partial charge in [0.05, 0.1) is 19.3 Å². The summed E-state index contributed by atoms with van der Waals surface area (Å²) >= 11 is 0. The van der Waals surface area contributed by atoms with Crippen molar-refractivity contribution in [3.05, 3.63) is 23.8 Å². The van der Waals surface area contributed by atoms with E-state index >= 15 is 0 Å². The summed E-state index contributed by atoms with van der Waals surface area (Å²) < 4.78 is 5.30. The van der Waals surface area contributed by atoms with Crippen LogP contribution in [-0.4, -0.2) is 32.1 Å². The van der Waals surface area contributed by atoms with Gasteiger partial charge in [-0.25, -0.2) is 4.99 Å². The summed E-state index contributed by atoms with van der Waals surface area (Å²) in [5.74, 6) is 1.36. The van der Waals surface area contributed by atoms with E-state index in [0.717, 1.165) is 24.6 Å². The second-order valence-corrected chi connectivity index (χ2v) is 6.97. The van der Waals surface area contributed by atoms with Gasteiger partial charge in [0.15, 0.2) is 5.96 Å². The van der Waals surface area contributed by atoms with Crippen molar-refractivity contribution in [3.8, 4) is 5.75 Å². The van der Waals surface area contributed by atoms with E-state index in [2.05, 4.69) is 29.8 Å². The maximum atomic E-state index is 11.4. The number of carbonyl (C=O) groups is 1. The molecule has 0 radical (unpaired) electrons. The number of ether oxygens (including phenoxy) is 1. The molecule has 26 heavy (non-hydrogen) atoms. The number of aliphatic imine (C=N–C) groups is 1. The summed E-state index contributed by atoms with van der Waals surface area (Å²) in [5, 5.41) is 9.61. The molecule has 0 spiro atoms. The van der Waals surface area contributed by atoms with E-state index in [1.165, 1.54) is 32.6 Å². The van der Waals surface area contributed by atoms with Crippen LogP contribution in [0.4, 0.5) is 5.69 Å². The summed E-state index contributed by atoms with van der Waals surface area (Å²) in [7, 11) is 1.59. The normalized spacial score (nSPS) is 15.8. The molecule has 1 fully saturated rings. The van der Waals surface area contributed by atoms with Gasteiger partial charge in [-0.3, -0.25) is 4.79 Å². The number of guanidine groups is 1. The van der Waals surface area contributed by atoms with E-state index in [1.807, 2.05) is 18.2 Å². The quantitative estimate of drug-likeness (QED) is 0.491. The smallest absolute Gasteiger partial charge is 0.221 e. The number of rotatable bonds is 8. The predicted molar refractivity (Wildman–Crippen MR) is 107 cm³/mol. The zero-order valence-electron chi connectivity index (χ0n) is 16.4. The molecule has 144 valence electrons. The monoisotopic (exact) mass is 360 g/mol. The molecule has 0 heterocycles. The van der Waals surface area contributed by atoms with Crippen LogP contribution in [0.3, 0.4) is 0 Å². The van der Waals surface area contributed by atoms with E-state index in [4.69, 9.17) is 9.73 Å². The number of benzene rings is 1. The minimum atomic E-state index is -0.121. The Morgan fingerprint density at radius 3 is 2.58 bits per heavy atom. The molecule has 1 aromatic rings. The van der Waals surface area contributed by atoms with Gasteiger partial charge >= 0.3 is 0 Å². The van der Waals surface area contributed by atoms with E-state index < -0.39 is 0 Å². The summed E-state index contributed by atoms with van der Waals surface area (Å²) in [6.07, 6.45) is 5.14. The molecule has 1 aliphatic carbocycles. The molecule has 3 N–H and O–H groups in total. The average molecular weight is 361 g/mol. The van der Waals surface area contributed by atoms with Gasteiger partial charge in [-0.1, -0.05) is 19.4 Å². The molecule has 2 rings (SSSR count). The molecule has 1 amide bonds.